The second kappa shape index (κ2) is 7.59. The smallest absolute Gasteiger partial charge is 0.410 e. The molecule has 1 aromatic carbocycles. The first-order chi connectivity index (χ1) is 13.2. The first-order valence-corrected chi connectivity index (χ1v) is 9.52. The first-order valence-electron chi connectivity index (χ1n) is 9.52. The summed E-state index contributed by atoms with van der Waals surface area (Å²) < 4.78 is 5.46. The normalized spacial score (nSPS) is 16.3. The standard InChI is InChI=1S/C22H26N4O2/c1-16-19(25-11-10-24-16)17-6-5-7-18(14-17)22(15-23)8-12-26(13-9-22)20(27)28-21(2,3)4/h5-7,10-11,14H,8-9,12-13H2,1-4H3. The van der Waals surface area contributed by atoms with Crippen LogP contribution in [-0.2, 0) is 10.2 Å². The molecule has 1 amide bonds. The predicted octanol–water partition coefficient (Wildman–Crippen LogP) is 4.24. The maximum atomic E-state index is 12.3. The number of aromatic nitrogens is 2. The highest BCUT2D eigenvalue weighted by Gasteiger charge is 2.39. The number of rotatable bonds is 2. The van der Waals surface area contributed by atoms with Gasteiger partial charge in [0.05, 0.1) is 22.9 Å². The molecule has 0 radical (unpaired) electrons. The van der Waals surface area contributed by atoms with Gasteiger partial charge in [-0.15, -0.1) is 0 Å². The summed E-state index contributed by atoms with van der Waals surface area (Å²) >= 11 is 0. The number of nitrogens with zero attached hydrogens (tertiary/aromatic N) is 4. The molecule has 3 rings (SSSR count). The number of benzene rings is 1. The lowest BCUT2D eigenvalue weighted by molar-refractivity contribution is 0.0185. The Hall–Kier alpha value is -2.94. The average molecular weight is 378 g/mol. The van der Waals surface area contributed by atoms with Crippen molar-refractivity contribution in [1.82, 2.24) is 14.9 Å². The largest absolute Gasteiger partial charge is 0.444 e. The fourth-order valence-corrected chi connectivity index (χ4v) is 3.52. The number of piperidine rings is 1. The van der Waals surface area contributed by atoms with Crippen molar-refractivity contribution in [3.63, 3.8) is 0 Å². The van der Waals surface area contributed by atoms with E-state index in [1.807, 2.05) is 52.0 Å². The number of hydrogen-bond donors (Lipinski definition) is 0. The second-order valence-electron chi connectivity index (χ2n) is 8.23. The van der Waals surface area contributed by atoms with Gasteiger partial charge in [-0.25, -0.2) is 4.79 Å². The van der Waals surface area contributed by atoms with Gasteiger partial charge < -0.3 is 9.64 Å². The number of likely N-dealkylation sites (tertiary alicyclic amines) is 1. The van der Waals surface area contributed by atoms with Crippen LogP contribution in [0, 0.1) is 18.3 Å². The summed E-state index contributed by atoms with van der Waals surface area (Å²) in [5.41, 5.74) is 2.44. The number of hydrogen-bond acceptors (Lipinski definition) is 5. The van der Waals surface area contributed by atoms with Crippen LogP contribution >= 0.6 is 0 Å². The summed E-state index contributed by atoms with van der Waals surface area (Å²) in [5, 5.41) is 10.0. The van der Waals surface area contributed by atoms with Gasteiger partial charge in [0, 0.05) is 31.0 Å². The SMILES string of the molecule is Cc1nccnc1-c1cccc(C2(C#N)CCN(C(=O)OC(C)(C)C)CC2)c1. The molecule has 0 unspecified atom stereocenters. The molecule has 0 aliphatic carbocycles. The Morgan fingerprint density at radius 1 is 1.21 bits per heavy atom. The summed E-state index contributed by atoms with van der Waals surface area (Å²) in [6.07, 6.45) is 4.18. The van der Waals surface area contributed by atoms with Gasteiger partial charge in [0.1, 0.15) is 5.60 Å². The topological polar surface area (TPSA) is 79.1 Å². The molecule has 1 fully saturated rings. The highest BCUT2D eigenvalue weighted by atomic mass is 16.6. The molecule has 1 aliphatic heterocycles. The molecule has 6 nitrogen and oxygen atoms in total. The number of nitriles is 1. The van der Waals surface area contributed by atoms with Crippen molar-refractivity contribution in [1.29, 1.82) is 5.26 Å². The van der Waals surface area contributed by atoms with E-state index in [1.54, 1.807) is 17.3 Å². The maximum absolute atomic E-state index is 12.3. The lowest BCUT2D eigenvalue weighted by atomic mass is 9.73. The summed E-state index contributed by atoms with van der Waals surface area (Å²) in [6.45, 7) is 8.49. The van der Waals surface area contributed by atoms with Crippen LogP contribution in [0.5, 0.6) is 0 Å². The summed E-state index contributed by atoms with van der Waals surface area (Å²) in [7, 11) is 0. The van der Waals surface area contributed by atoms with E-state index >= 15 is 0 Å². The van der Waals surface area contributed by atoms with Gasteiger partial charge in [-0.3, -0.25) is 9.97 Å². The number of carbonyl (C=O) groups excluding carboxylic acids is 1. The Labute approximate surface area is 166 Å². The lowest BCUT2D eigenvalue weighted by Crippen LogP contribution is -2.46. The van der Waals surface area contributed by atoms with Gasteiger partial charge in [-0.05, 0) is 52.2 Å². The van der Waals surface area contributed by atoms with Crippen molar-refractivity contribution in [2.45, 2.75) is 51.6 Å². The molecule has 0 N–H and O–H groups in total. The molecular formula is C22H26N4O2. The molecule has 0 saturated carbocycles. The molecule has 6 heteroatoms. The van der Waals surface area contributed by atoms with Crippen molar-refractivity contribution in [3.8, 4) is 17.3 Å². The van der Waals surface area contributed by atoms with Crippen LogP contribution in [0.2, 0.25) is 0 Å². The second-order valence-corrected chi connectivity index (χ2v) is 8.23. The molecule has 2 heterocycles. The van der Waals surface area contributed by atoms with Crippen molar-refractivity contribution in [2.75, 3.05) is 13.1 Å². The van der Waals surface area contributed by atoms with Crippen molar-refractivity contribution in [2.24, 2.45) is 0 Å². The van der Waals surface area contributed by atoms with E-state index in [2.05, 4.69) is 16.0 Å². The van der Waals surface area contributed by atoms with E-state index in [4.69, 9.17) is 4.74 Å². The van der Waals surface area contributed by atoms with Crippen LogP contribution in [0.15, 0.2) is 36.7 Å². The van der Waals surface area contributed by atoms with Crippen LogP contribution in [0.4, 0.5) is 4.79 Å². The summed E-state index contributed by atoms with van der Waals surface area (Å²) in [6, 6.07) is 10.5. The van der Waals surface area contributed by atoms with Gasteiger partial charge in [-0.2, -0.15) is 5.26 Å². The molecule has 28 heavy (non-hydrogen) atoms. The van der Waals surface area contributed by atoms with Gasteiger partial charge in [0.25, 0.3) is 0 Å². The van der Waals surface area contributed by atoms with Gasteiger partial charge in [0.15, 0.2) is 0 Å². The lowest BCUT2D eigenvalue weighted by Gasteiger charge is -2.38. The van der Waals surface area contributed by atoms with E-state index in [-0.39, 0.29) is 6.09 Å². The Morgan fingerprint density at radius 3 is 2.50 bits per heavy atom. The van der Waals surface area contributed by atoms with Crippen molar-refractivity contribution in [3.05, 3.63) is 47.9 Å². The summed E-state index contributed by atoms with van der Waals surface area (Å²) in [4.78, 5) is 22.8. The third-order valence-corrected chi connectivity index (χ3v) is 5.05. The zero-order valence-electron chi connectivity index (χ0n) is 16.9. The number of ether oxygens (including phenoxy) is 1. The zero-order chi connectivity index (χ0) is 20.4. The molecular weight excluding hydrogens is 352 g/mol. The highest BCUT2D eigenvalue weighted by molar-refractivity contribution is 5.68. The summed E-state index contributed by atoms with van der Waals surface area (Å²) in [5.74, 6) is 0. The van der Waals surface area contributed by atoms with E-state index < -0.39 is 11.0 Å². The number of carbonyl (C=O) groups is 1. The predicted molar refractivity (Wildman–Crippen MR) is 107 cm³/mol. The molecule has 146 valence electrons. The van der Waals surface area contributed by atoms with Gasteiger partial charge in [0.2, 0.25) is 0 Å². The Balaban J connectivity index is 1.82. The van der Waals surface area contributed by atoms with Crippen molar-refractivity contribution >= 4 is 6.09 Å². The molecule has 2 aromatic rings. The van der Waals surface area contributed by atoms with E-state index in [1.165, 1.54) is 0 Å². The van der Waals surface area contributed by atoms with Gasteiger partial charge >= 0.3 is 6.09 Å². The van der Waals surface area contributed by atoms with E-state index in [0.717, 1.165) is 22.5 Å². The molecule has 1 saturated heterocycles. The fraction of sp³-hybridized carbons (Fsp3) is 0.455. The first kappa shape index (κ1) is 19.8. The van der Waals surface area contributed by atoms with Crippen LogP contribution in [-0.4, -0.2) is 39.7 Å². The quantitative estimate of drug-likeness (QED) is 0.781. The highest BCUT2D eigenvalue weighted by Crippen LogP contribution is 2.37. The van der Waals surface area contributed by atoms with E-state index in [0.29, 0.717) is 25.9 Å². The van der Waals surface area contributed by atoms with Crippen molar-refractivity contribution < 1.29 is 9.53 Å². The van der Waals surface area contributed by atoms with Gasteiger partial charge in [-0.1, -0.05) is 18.2 Å². The monoisotopic (exact) mass is 378 g/mol. The molecule has 1 aliphatic rings. The van der Waals surface area contributed by atoms with Crippen LogP contribution in [0.25, 0.3) is 11.3 Å². The minimum Gasteiger partial charge on any atom is -0.444 e. The Morgan fingerprint density at radius 2 is 1.89 bits per heavy atom. The van der Waals surface area contributed by atoms with Crippen LogP contribution < -0.4 is 0 Å². The number of aryl methyl sites for hydroxylation is 1. The third-order valence-electron chi connectivity index (χ3n) is 5.05. The Kier molecular flexibility index (Phi) is 5.37. The molecule has 1 aromatic heterocycles. The average Bonchev–Trinajstić information content (AvgIpc) is 2.67. The van der Waals surface area contributed by atoms with Crippen LogP contribution in [0.3, 0.4) is 0 Å². The zero-order valence-corrected chi connectivity index (χ0v) is 16.9. The number of amides is 1. The fourth-order valence-electron chi connectivity index (χ4n) is 3.52. The third kappa shape index (κ3) is 4.14. The Bertz CT molecular complexity index is 903. The van der Waals surface area contributed by atoms with Crippen LogP contribution in [0.1, 0.15) is 44.9 Å². The minimum atomic E-state index is -0.620. The maximum Gasteiger partial charge on any atom is 0.410 e. The minimum absolute atomic E-state index is 0.317. The van der Waals surface area contributed by atoms with E-state index in [9.17, 15) is 10.1 Å². The molecule has 0 bridgehead atoms. The molecule has 0 spiro atoms. The molecule has 0 atom stereocenters.